The Labute approximate surface area is 188 Å². The van der Waals surface area contributed by atoms with E-state index in [4.69, 9.17) is 0 Å². The maximum Gasteiger partial charge on any atom is 0.319 e. The van der Waals surface area contributed by atoms with E-state index in [0.717, 1.165) is 61.4 Å². The van der Waals surface area contributed by atoms with Gasteiger partial charge in [-0.2, -0.15) is 0 Å². The minimum absolute atomic E-state index is 0.143. The number of hydrogen-bond donors (Lipinski definition) is 4. The van der Waals surface area contributed by atoms with Crippen LogP contribution in [0.4, 0.5) is 16.3 Å². The quantitative estimate of drug-likeness (QED) is 0.493. The third kappa shape index (κ3) is 4.70. The summed E-state index contributed by atoms with van der Waals surface area (Å²) in [6.45, 7) is 3.60. The molecule has 2 aliphatic heterocycles. The van der Waals surface area contributed by atoms with E-state index in [1.807, 2.05) is 24.4 Å². The molecule has 2 aliphatic rings. The van der Waals surface area contributed by atoms with E-state index >= 15 is 0 Å². The highest BCUT2D eigenvalue weighted by molar-refractivity contribution is 5.89. The number of urea groups is 1. The molecule has 5 rings (SSSR count). The standard InChI is InChI=1S/C24H31N7O/c32-24(27-14-20-7-1-2-10-25-20)30-19-8-3-5-17(13-19)18-6-4-12-31(15-18)23-21-9-11-26-22(21)28-16-29-23/h3,5,8-9,11,13,16,18,20,25H,1-2,4,6-7,10,12,14-15H2,(H,26,28,29)(H2,27,30,32). The lowest BCUT2D eigenvalue weighted by atomic mass is 9.90. The molecule has 4 heterocycles. The van der Waals surface area contributed by atoms with Gasteiger partial charge in [-0.1, -0.05) is 18.6 Å². The number of anilines is 2. The zero-order chi connectivity index (χ0) is 21.8. The summed E-state index contributed by atoms with van der Waals surface area (Å²) in [6, 6.07) is 10.5. The largest absolute Gasteiger partial charge is 0.355 e. The summed E-state index contributed by atoms with van der Waals surface area (Å²) in [5.41, 5.74) is 2.96. The zero-order valence-electron chi connectivity index (χ0n) is 18.3. The van der Waals surface area contributed by atoms with E-state index < -0.39 is 0 Å². The first-order valence-corrected chi connectivity index (χ1v) is 11.7. The third-order valence-electron chi connectivity index (χ3n) is 6.59. The van der Waals surface area contributed by atoms with Crippen LogP contribution in [0.2, 0.25) is 0 Å². The topological polar surface area (TPSA) is 98.0 Å². The Bertz CT molecular complexity index is 1060. The molecule has 0 bridgehead atoms. The second-order valence-electron chi connectivity index (χ2n) is 8.83. The van der Waals surface area contributed by atoms with Crippen LogP contribution in [0.5, 0.6) is 0 Å². The van der Waals surface area contributed by atoms with Crippen molar-refractivity contribution in [3.63, 3.8) is 0 Å². The van der Waals surface area contributed by atoms with Crippen molar-refractivity contribution < 1.29 is 4.79 Å². The molecule has 2 fully saturated rings. The van der Waals surface area contributed by atoms with Crippen LogP contribution in [0.3, 0.4) is 0 Å². The van der Waals surface area contributed by atoms with Crippen molar-refractivity contribution in [1.82, 2.24) is 25.6 Å². The van der Waals surface area contributed by atoms with Gasteiger partial charge in [0.15, 0.2) is 0 Å². The van der Waals surface area contributed by atoms with Gasteiger partial charge in [-0.3, -0.25) is 0 Å². The summed E-state index contributed by atoms with van der Waals surface area (Å²) < 4.78 is 0. The number of piperidine rings is 2. The number of carbonyl (C=O) groups excluding carboxylic acids is 1. The second-order valence-corrected chi connectivity index (χ2v) is 8.83. The van der Waals surface area contributed by atoms with Gasteiger partial charge >= 0.3 is 6.03 Å². The lowest BCUT2D eigenvalue weighted by Gasteiger charge is -2.34. The Morgan fingerprint density at radius 2 is 2.12 bits per heavy atom. The molecule has 2 atom stereocenters. The van der Waals surface area contributed by atoms with E-state index in [2.05, 4.69) is 47.9 Å². The number of aromatic amines is 1. The first kappa shape index (κ1) is 20.8. The van der Waals surface area contributed by atoms with Crippen molar-refractivity contribution in [3.05, 3.63) is 48.4 Å². The van der Waals surface area contributed by atoms with Gasteiger partial charge in [0.1, 0.15) is 17.8 Å². The second kappa shape index (κ2) is 9.56. The Hall–Kier alpha value is -3.13. The zero-order valence-corrected chi connectivity index (χ0v) is 18.3. The van der Waals surface area contributed by atoms with Gasteiger partial charge < -0.3 is 25.8 Å². The molecule has 0 saturated carbocycles. The Morgan fingerprint density at radius 3 is 3.03 bits per heavy atom. The van der Waals surface area contributed by atoms with Crippen molar-refractivity contribution >= 4 is 28.6 Å². The molecular formula is C24H31N7O. The monoisotopic (exact) mass is 433 g/mol. The van der Waals surface area contributed by atoms with Gasteiger partial charge in [-0.05, 0) is 56.0 Å². The summed E-state index contributed by atoms with van der Waals surface area (Å²) in [4.78, 5) is 26.8. The molecule has 32 heavy (non-hydrogen) atoms. The van der Waals surface area contributed by atoms with E-state index in [0.29, 0.717) is 18.5 Å². The summed E-state index contributed by atoms with van der Waals surface area (Å²) >= 11 is 0. The van der Waals surface area contributed by atoms with Crippen molar-refractivity contribution in [2.45, 2.75) is 44.1 Å². The average Bonchev–Trinajstić information content (AvgIpc) is 3.33. The van der Waals surface area contributed by atoms with Gasteiger partial charge in [0.2, 0.25) is 0 Å². The number of fused-ring (bicyclic) bond motifs is 1. The number of hydrogen-bond acceptors (Lipinski definition) is 5. The van der Waals surface area contributed by atoms with Crippen LogP contribution in [-0.2, 0) is 0 Å². The fourth-order valence-electron chi connectivity index (χ4n) is 4.91. The normalized spacial score (nSPS) is 21.4. The summed E-state index contributed by atoms with van der Waals surface area (Å²) in [5, 5.41) is 10.5. The first-order valence-electron chi connectivity index (χ1n) is 11.7. The Balaban J connectivity index is 1.22. The maximum atomic E-state index is 12.4. The lowest BCUT2D eigenvalue weighted by Crippen LogP contribution is -2.44. The molecule has 4 N–H and O–H groups in total. The summed E-state index contributed by atoms with van der Waals surface area (Å²) in [6.07, 6.45) is 9.34. The Kier molecular flexibility index (Phi) is 6.20. The molecule has 0 radical (unpaired) electrons. The molecule has 8 nitrogen and oxygen atoms in total. The fourth-order valence-corrected chi connectivity index (χ4v) is 4.91. The number of H-pyrrole nitrogens is 1. The van der Waals surface area contributed by atoms with Crippen molar-refractivity contribution in [2.24, 2.45) is 0 Å². The van der Waals surface area contributed by atoms with Gasteiger partial charge in [0.05, 0.1) is 5.39 Å². The van der Waals surface area contributed by atoms with E-state index in [9.17, 15) is 4.79 Å². The SMILES string of the molecule is O=C(NCC1CCCCN1)Nc1cccc(C2CCCN(c3ncnc4[nH]ccc34)C2)c1. The number of carbonyl (C=O) groups is 1. The fraction of sp³-hybridized carbons (Fsp3) is 0.458. The lowest BCUT2D eigenvalue weighted by molar-refractivity contribution is 0.249. The van der Waals surface area contributed by atoms with Gasteiger partial charge in [0, 0.05) is 43.5 Å². The van der Waals surface area contributed by atoms with Crippen molar-refractivity contribution in [1.29, 1.82) is 0 Å². The molecule has 0 aliphatic carbocycles. The smallest absolute Gasteiger partial charge is 0.319 e. The van der Waals surface area contributed by atoms with Crippen LogP contribution in [0.15, 0.2) is 42.9 Å². The molecule has 8 heteroatoms. The first-order chi connectivity index (χ1) is 15.8. The molecular weight excluding hydrogens is 402 g/mol. The predicted octanol–water partition coefficient (Wildman–Crippen LogP) is 3.61. The minimum Gasteiger partial charge on any atom is -0.355 e. The molecule has 2 unspecified atom stereocenters. The van der Waals surface area contributed by atoms with Crippen LogP contribution in [0, 0.1) is 0 Å². The molecule has 2 saturated heterocycles. The molecule has 0 spiro atoms. The summed E-state index contributed by atoms with van der Waals surface area (Å²) in [5.74, 6) is 1.38. The van der Waals surface area contributed by atoms with Crippen LogP contribution in [0.1, 0.15) is 43.6 Å². The third-order valence-corrected chi connectivity index (χ3v) is 6.59. The highest BCUT2D eigenvalue weighted by Gasteiger charge is 2.24. The van der Waals surface area contributed by atoms with Crippen LogP contribution < -0.4 is 20.9 Å². The van der Waals surface area contributed by atoms with Crippen LogP contribution >= 0.6 is 0 Å². The molecule has 2 aromatic heterocycles. The average molecular weight is 434 g/mol. The predicted molar refractivity (Wildman–Crippen MR) is 127 cm³/mol. The minimum atomic E-state index is -0.143. The summed E-state index contributed by atoms with van der Waals surface area (Å²) in [7, 11) is 0. The number of nitrogens with zero attached hydrogens (tertiary/aromatic N) is 3. The Morgan fingerprint density at radius 1 is 1.16 bits per heavy atom. The highest BCUT2D eigenvalue weighted by atomic mass is 16.2. The van der Waals surface area contributed by atoms with Gasteiger partial charge in [-0.25, -0.2) is 14.8 Å². The van der Waals surface area contributed by atoms with Crippen molar-refractivity contribution in [3.8, 4) is 0 Å². The van der Waals surface area contributed by atoms with E-state index in [1.54, 1.807) is 6.33 Å². The molecule has 2 amide bonds. The number of aromatic nitrogens is 3. The van der Waals surface area contributed by atoms with Gasteiger partial charge in [0.25, 0.3) is 0 Å². The molecule has 3 aromatic rings. The number of benzene rings is 1. The van der Waals surface area contributed by atoms with E-state index in [-0.39, 0.29) is 6.03 Å². The molecule has 1 aromatic carbocycles. The highest BCUT2D eigenvalue weighted by Crippen LogP contribution is 2.32. The van der Waals surface area contributed by atoms with Crippen LogP contribution in [0.25, 0.3) is 11.0 Å². The van der Waals surface area contributed by atoms with Crippen LogP contribution in [-0.4, -0.2) is 53.2 Å². The van der Waals surface area contributed by atoms with Gasteiger partial charge in [-0.15, -0.1) is 0 Å². The number of rotatable bonds is 5. The van der Waals surface area contributed by atoms with E-state index in [1.165, 1.54) is 18.4 Å². The number of nitrogens with one attached hydrogen (secondary N) is 4. The number of amides is 2. The maximum absolute atomic E-state index is 12.4. The molecule has 168 valence electrons. The van der Waals surface area contributed by atoms with Crippen molar-refractivity contribution in [2.75, 3.05) is 36.4 Å².